The van der Waals surface area contributed by atoms with Crippen LogP contribution in [0.15, 0.2) is 35.2 Å². The molecule has 1 saturated heterocycles. The SMILES string of the molecule is CC1NCCCC1NC(=O)C1(Sc2ccccc2)CCCC1. The van der Waals surface area contributed by atoms with Gasteiger partial charge in [0.2, 0.25) is 5.91 Å². The first-order valence-electron chi connectivity index (χ1n) is 8.48. The van der Waals surface area contributed by atoms with E-state index < -0.39 is 0 Å². The van der Waals surface area contributed by atoms with Gasteiger partial charge < -0.3 is 10.6 Å². The van der Waals surface area contributed by atoms with Crippen molar-refractivity contribution in [2.24, 2.45) is 0 Å². The van der Waals surface area contributed by atoms with Crippen LogP contribution in [-0.2, 0) is 4.79 Å². The van der Waals surface area contributed by atoms with Crippen molar-refractivity contribution in [1.82, 2.24) is 10.6 Å². The quantitative estimate of drug-likeness (QED) is 0.894. The first kappa shape index (κ1) is 15.9. The van der Waals surface area contributed by atoms with Crippen LogP contribution in [0.5, 0.6) is 0 Å². The minimum atomic E-state index is -0.265. The van der Waals surface area contributed by atoms with Gasteiger partial charge in [-0.2, -0.15) is 0 Å². The number of nitrogens with one attached hydrogen (secondary N) is 2. The lowest BCUT2D eigenvalue weighted by Gasteiger charge is -2.35. The monoisotopic (exact) mass is 318 g/mol. The number of hydrogen-bond acceptors (Lipinski definition) is 3. The van der Waals surface area contributed by atoms with Crippen LogP contribution in [0, 0.1) is 0 Å². The number of carbonyl (C=O) groups excluding carboxylic acids is 1. The number of thioether (sulfide) groups is 1. The lowest BCUT2D eigenvalue weighted by Crippen LogP contribution is -2.55. The van der Waals surface area contributed by atoms with Gasteiger partial charge in [0.25, 0.3) is 0 Å². The summed E-state index contributed by atoms with van der Waals surface area (Å²) < 4.78 is -0.265. The van der Waals surface area contributed by atoms with Gasteiger partial charge in [-0.1, -0.05) is 31.0 Å². The van der Waals surface area contributed by atoms with Crippen molar-refractivity contribution in [3.8, 4) is 0 Å². The van der Waals surface area contributed by atoms with Crippen LogP contribution >= 0.6 is 11.8 Å². The Morgan fingerprint density at radius 2 is 1.95 bits per heavy atom. The summed E-state index contributed by atoms with van der Waals surface area (Å²) >= 11 is 1.76. The molecule has 0 aromatic heterocycles. The lowest BCUT2D eigenvalue weighted by atomic mass is 9.98. The van der Waals surface area contributed by atoms with E-state index in [4.69, 9.17) is 0 Å². The molecular weight excluding hydrogens is 292 g/mol. The third-order valence-electron chi connectivity index (χ3n) is 4.96. The van der Waals surface area contributed by atoms with Gasteiger partial charge in [-0.25, -0.2) is 0 Å². The van der Waals surface area contributed by atoms with Crippen molar-refractivity contribution < 1.29 is 4.79 Å². The van der Waals surface area contributed by atoms with Crippen LogP contribution in [0.1, 0.15) is 45.4 Å². The van der Waals surface area contributed by atoms with E-state index in [-0.39, 0.29) is 16.7 Å². The molecule has 0 spiro atoms. The average Bonchev–Trinajstić information content (AvgIpc) is 3.00. The zero-order chi connectivity index (χ0) is 15.4. The molecule has 1 heterocycles. The molecule has 3 rings (SSSR count). The minimum absolute atomic E-state index is 0.249. The summed E-state index contributed by atoms with van der Waals surface area (Å²) in [4.78, 5) is 14.2. The summed E-state index contributed by atoms with van der Waals surface area (Å²) in [5, 5.41) is 6.82. The Morgan fingerprint density at radius 1 is 1.23 bits per heavy atom. The molecule has 0 bridgehead atoms. The topological polar surface area (TPSA) is 41.1 Å². The molecule has 1 aromatic rings. The Morgan fingerprint density at radius 3 is 2.64 bits per heavy atom. The molecule has 2 unspecified atom stereocenters. The normalized spacial score (nSPS) is 27.5. The summed E-state index contributed by atoms with van der Waals surface area (Å²) in [6.07, 6.45) is 6.54. The van der Waals surface area contributed by atoms with Gasteiger partial charge in [0.05, 0.1) is 4.75 Å². The molecule has 1 saturated carbocycles. The van der Waals surface area contributed by atoms with Crippen molar-refractivity contribution in [2.75, 3.05) is 6.54 Å². The third-order valence-corrected chi connectivity index (χ3v) is 6.45. The Labute approximate surface area is 137 Å². The van der Waals surface area contributed by atoms with E-state index in [9.17, 15) is 4.79 Å². The second-order valence-electron chi connectivity index (χ2n) is 6.58. The zero-order valence-corrected chi connectivity index (χ0v) is 14.1. The molecule has 120 valence electrons. The molecule has 2 aliphatic rings. The summed E-state index contributed by atoms with van der Waals surface area (Å²) in [7, 11) is 0. The van der Waals surface area contributed by atoms with Gasteiger partial charge in [-0.05, 0) is 51.3 Å². The van der Waals surface area contributed by atoms with Crippen LogP contribution in [0.4, 0.5) is 0 Å². The third kappa shape index (κ3) is 3.49. The standard InChI is InChI=1S/C18H26N2OS/c1-14-16(10-7-13-19-14)20-17(21)18(11-5-6-12-18)22-15-8-3-2-4-9-15/h2-4,8-9,14,16,19H,5-7,10-13H2,1H3,(H,20,21). The van der Waals surface area contributed by atoms with E-state index in [1.54, 1.807) is 11.8 Å². The summed E-state index contributed by atoms with van der Waals surface area (Å²) in [5.41, 5.74) is 0. The second-order valence-corrected chi connectivity index (χ2v) is 8.04. The first-order chi connectivity index (χ1) is 10.7. The fourth-order valence-corrected chi connectivity index (χ4v) is 4.97. The second kappa shape index (κ2) is 7.05. The molecule has 0 radical (unpaired) electrons. The summed E-state index contributed by atoms with van der Waals surface area (Å²) in [6, 6.07) is 11.0. The van der Waals surface area contributed by atoms with Crippen LogP contribution < -0.4 is 10.6 Å². The van der Waals surface area contributed by atoms with Crippen LogP contribution in [0.25, 0.3) is 0 Å². The van der Waals surface area contributed by atoms with Crippen molar-refractivity contribution in [3.63, 3.8) is 0 Å². The van der Waals surface area contributed by atoms with Gasteiger partial charge >= 0.3 is 0 Å². The Balaban J connectivity index is 1.71. The predicted octanol–water partition coefficient (Wildman–Crippen LogP) is 3.35. The molecule has 3 nitrogen and oxygen atoms in total. The molecular formula is C18H26N2OS. The molecule has 1 aromatic carbocycles. The Bertz CT molecular complexity index is 499. The smallest absolute Gasteiger partial charge is 0.236 e. The van der Waals surface area contributed by atoms with Crippen molar-refractivity contribution in [2.45, 2.75) is 67.2 Å². The van der Waals surface area contributed by atoms with Crippen molar-refractivity contribution >= 4 is 17.7 Å². The number of amides is 1. The highest BCUT2D eigenvalue weighted by molar-refractivity contribution is 8.01. The Kier molecular flexibility index (Phi) is 5.09. The number of benzene rings is 1. The lowest BCUT2D eigenvalue weighted by molar-refractivity contribution is -0.124. The number of hydrogen-bond donors (Lipinski definition) is 2. The maximum absolute atomic E-state index is 13.0. The molecule has 1 aliphatic heterocycles. The largest absolute Gasteiger partial charge is 0.351 e. The van der Waals surface area contributed by atoms with Crippen molar-refractivity contribution in [1.29, 1.82) is 0 Å². The first-order valence-corrected chi connectivity index (χ1v) is 9.30. The molecule has 1 aliphatic carbocycles. The molecule has 2 atom stereocenters. The van der Waals surface area contributed by atoms with Gasteiger partial charge in [-0.3, -0.25) is 4.79 Å². The number of rotatable bonds is 4. The van der Waals surface area contributed by atoms with Crippen molar-refractivity contribution in [3.05, 3.63) is 30.3 Å². The zero-order valence-electron chi connectivity index (χ0n) is 13.3. The summed E-state index contributed by atoms with van der Waals surface area (Å²) in [6.45, 7) is 3.24. The average molecular weight is 318 g/mol. The number of piperidine rings is 1. The van der Waals surface area contributed by atoms with Gasteiger partial charge in [0.15, 0.2) is 0 Å². The van der Waals surface area contributed by atoms with Gasteiger partial charge in [-0.15, -0.1) is 11.8 Å². The molecule has 22 heavy (non-hydrogen) atoms. The van der Waals surface area contributed by atoms with E-state index in [2.05, 4.69) is 41.8 Å². The number of carbonyl (C=O) groups is 1. The maximum Gasteiger partial charge on any atom is 0.236 e. The van der Waals surface area contributed by atoms with E-state index in [0.29, 0.717) is 6.04 Å². The van der Waals surface area contributed by atoms with Crippen LogP contribution in [0.2, 0.25) is 0 Å². The molecule has 2 N–H and O–H groups in total. The van der Waals surface area contributed by atoms with E-state index in [1.165, 1.54) is 4.90 Å². The Hall–Kier alpha value is -1.00. The van der Waals surface area contributed by atoms with E-state index in [0.717, 1.165) is 45.1 Å². The molecule has 4 heteroatoms. The van der Waals surface area contributed by atoms with E-state index >= 15 is 0 Å². The fraction of sp³-hybridized carbons (Fsp3) is 0.611. The molecule has 2 fully saturated rings. The highest BCUT2D eigenvalue weighted by atomic mass is 32.2. The van der Waals surface area contributed by atoms with Crippen LogP contribution in [-0.4, -0.2) is 29.3 Å². The minimum Gasteiger partial charge on any atom is -0.351 e. The van der Waals surface area contributed by atoms with Gasteiger partial charge in [0.1, 0.15) is 0 Å². The maximum atomic E-state index is 13.0. The van der Waals surface area contributed by atoms with E-state index in [1.807, 2.05) is 6.07 Å². The highest BCUT2D eigenvalue weighted by Crippen LogP contribution is 2.45. The summed E-state index contributed by atoms with van der Waals surface area (Å²) in [5.74, 6) is 0.249. The molecule has 1 amide bonds. The van der Waals surface area contributed by atoms with Gasteiger partial charge in [0, 0.05) is 17.0 Å². The van der Waals surface area contributed by atoms with Crippen LogP contribution in [0.3, 0.4) is 0 Å². The predicted molar refractivity (Wildman–Crippen MR) is 92.1 cm³/mol. The highest BCUT2D eigenvalue weighted by Gasteiger charge is 2.43. The fourth-order valence-electron chi connectivity index (χ4n) is 3.58.